The van der Waals surface area contributed by atoms with Gasteiger partial charge in [0, 0.05) is 11.8 Å². The van der Waals surface area contributed by atoms with Crippen LogP contribution in [-0.2, 0) is 14.6 Å². The van der Waals surface area contributed by atoms with Gasteiger partial charge in [-0.2, -0.15) is 0 Å². The Labute approximate surface area is 102 Å². The Bertz CT molecular complexity index is 499. The van der Waals surface area contributed by atoms with E-state index in [1.165, 1.54) is 5.41 Å². The molecule has 0 aromatic heterocycles. The lowest BCUT2D eigenvalue weighted by Gasteiger charge is -2.15. The number of allylic oxidation sites excluding steroid dienone is 1. The van der Waals surface area contributed by atoms with Crippen LogP contribution in [0, 0.1) is 5.41 Å². The van der Waals surface area contributed by atoms with E-state index in [1.807, 2.05) is 13.8 Å². The zero-order valence-electron chi connectivity index (χ0n) is 9.96. The number of aldehydes is 1. The lowest BCUT2D eigenvalue weighted by Crippen LogP contribution is -2.09. The Balaban J connectivity index is 2.95. The highest BCUT2D eigenvalue weighted by molar-refractivity contribution is 7.94. The minimum atomic E-state index is -3.41. The van der Waals surface area contributed by atoms with Gasteiger partial charge >= 0.3 is 0 Å². The molecule has 1 aromatic carbocycles. The van der Waals surface area contributed by atoms with E-state index in [0.717, 1.165) is 6.29 Å². The van der Waals surface area contributed by atoms with E-state index in [9.17, 15) is 13.2 Å². The smallest absolute Gasteiger partial charge is 0.199 e. The van der Waals surface area contributed by atoms with Crippen molar-refractivity contribution in [2.45, 2.75) is 25.2 Å². The molecule has 0 heterocycles. The molecule has 92 valence electrons. The molecule has 0 bridgehead atoms. The van der Waals surface area contributed by atoms with E-state index in [4.69, 9.17) is 0 Å². The van der Waals surface area contributed by atoms with Crippen LogP contribution in [0.4, 0.5) is 0 Å². The van der Waals surface area contributed by atoms with Crippen LogP contribution in [0.2, 0.25) is 0 Å². The highest BCUT2D eigenvalue weighted by atomic mass is 32.2. The molecule has 3 nitrogen and oxygen atoms in total. The molecule has 0 fully saturated rings. The molecule has 0 radical (unpaired) electrons. The molecule has 0 atom stereocenters. The van der Waals surface area contributed by atoms with Gasteiger partial charge in [0.05, 0.1) is 4.90 Å². The fourth-order valence-electron chi connectivity index (χ4n) is 1.25. The summed E-state index contributed by atoms with van der Waals surface area (Å²) in [4.78, 5) is 10.7. The molecule has 0 saturated heterocycles. The SMILES string of the molecule is CC(C)(/C=C/S(=O)(=O)c1ccccc1)CC=O. The van der Waals surface area contributed by atoms with Crippen molar-refractivity contribution in [1.29, 1.82) is 0 Å². The summed E-state index contributed by atoms with van der Waals surface area (Å²) in [5.41, 5.74) is -0.441. The number of sulfone groups is 1. The normalized spacial score (nSPS) is 12.8. The molecule has 0 aliphatic rings. The fraction of sp³-hybridized carbons (Fsp3) is 0.308. The predicted octanol–water partition coefficient (Wildman–Crippen LogP) is 2.59. The Morgan fingerprint density at radius 1 is 1.18 bits per heavy atom. The quantitative estimate of drug-likeness (QED) is 0.757. The third-order valence-electron chi connectivity index (χ3n) is 2.38. The highest BCUT2D eigenvalue weighted by Gasteiger charge is 2.16. The van der Waals surface area contributed by atoms with Crippen molar-refractivity contribution >= 4 is 16.1 Å². The van der Waals surface area contributed by atoms with Crippen molar-refractivity contribution in [3.63, 3.8) is 0 Å². The zero-order chi connectivity index (χ0) is 12.9. The molecule has 0 spiro atoms. The second kappa shape index (κ2) is 5.27. The summed E-state index contributed by atoms with van der Waals surface area (Å²) in [6.45, 7) is 3.64. The summed E-state index contributed by atoms with van der Waals surface area (Å²) in [6.07, 6.45) is 2.65. The number of hydrogen-bond acceptors (Lipinski definition) is 3. The second-order valence-corrected chi connectivity index (χ2v) is 6.35. The molecular formula is C13H16O3S. The molecule has 0 unspecified atom stereocenters. The number of carbonyl (C=O) groups is 1. The average molecular weight is 252 g/mol. The van der Waals surface area contributed by atoms with E-state index in [-0.39, 0.29) is 4.90 Å². The molecule has 0 saturated carbocycles. The summed E-state index contributed by atoms with van der Waals surface area (Å²) < 4.78 is 23.8. The van der Waals surface area contributed by atoms with Crippen LogP contribution >= 0.6 is 0 Å². The first-order chi connectivity index (χ1) is 7.87. The lowest BCUT2D eigenvalue weighted by atomic mass is 9.91. The zero-order valence-corrected chi connectivity index (χ0v) is 10.8. The molecule has 1 aromatic rings. The largest absolute Gasteiger partial charge is 0.303 e. The number of benzene rings is 1. The first-order valence-corrected chi connectivity index (χ1v) is 6.85. The summed E-state index contributed by atoms with van der Waals surface area (Å²) in [5.74, 6) is 0. The van der Waals surface area contributed by atoms with Crippen LogP contribution in [0.15, 0.2) is 46.7 Å². The number of rotatable bonds is 5. The second-order valence-electron chi connectivity index (χ2n) is 4.52. The Morgan fingerprint density at radius 2 is 1.76 bits per heavy atom. The van der Waals surface area contributed by atoms with Gasteiger partial charge in [0.25, 0.3) is 0 Å². The van der Waals surface area contributed by atoms with Gasteiger partial charge < -0.3 is 4.79 Å². The van der Waals surface area contributed by atoms with E-state index >= 15 is 0 Å². The lowest BCUT2D eigenvalue weighted by molar-refractivity contribution is -0.109. The molecule has 17 heavy (non-hydrogen) atoms. The highest BCUT2D eigenvalue weighted by Crippen LogP contribution is 2.22. The first kappa shape index (κ1) is 13.6. The van der Waals surface area contributed by atoms with Gasteiger partial charge in [0.2, 0.25) is 0 Å². The van der Waals surface area contributed by atoms with Crippen molar-refractivity contribution in [3.8, 4) is 0 Å². The van der Waals surface area contributed by atoms with Crippen LogP contribution in [0.5, 0.6) is 0 Å². The van der Waals surface area contributed by atoms with Crippen molar-refractivity contribution in [3.05, 3.63) is 41.8 Å². The number of carbonyl (C=O) groups excluding carboxylic acids is 1. The van der Waals surface area contributed by atoms with Crippen LogP contribution in [0.3, 0.4) is 0 Å². The summed E-state index contributed by atoms with van der Waals surface area (Å²) in [5, 5.41) is 1.17. The van der Waals surface area contributed by atoms with Crippen LogP contribution in [-0.4, -0.2) is 14.7 Å². The van der Waals surface area contributed by atoms with Crippen LogP contribution < -0.4 is 0 Å². The Kier molecular flexibility index (Phi) is 4.23. The predicted molar refractivity (Wildman–Crippen MR) is 67.2 cm³/mol. The van der Waals surface area contributed by atoms with Gasteiger partial charge in [0.15, 0.2) is 9.84 Å². The van der Waals surface area contributed by atoms with Gasteiger partial charge in [-0.25, -0.2) is 8.42 Å². The molecule has 0 amide bonds. The van der Waals surface area contributed by atoms with E-state index < -0.39 is 15.3 Å². The van der Waals surface area contributed by atoms with Crippen molar-refractivity contribution in [1.82, 2.24) is 0 Å². The van der Waals surface area contributed by atoms with Gasteiger partial charge in [0.1, 0.15) is 6.29 Å². The maximum absolute atomic E-state index is 11.9. The van der Waals surface area contributed by atoms with Gasteiger partial charge in [-0.15, -0.1) is 0 Å². The molecule has 0 aliphatic carbocycles. The van der Waals surface area contributed by atoms with Crippen LogP contribution in [0.25, 0.3) is 0 Å². The molecular weight excluding hydrogens is 236 g/mol. The van der Waals surface area contributed by atoms with Crippen molar-refractivity contribution in [2.75, 3.05) is 0 Å². The average Bonchev–Trinajstić information content (AvgIpc) is 2.28. The van der Waals surface area contributed by atoms with Crippen molar-refractivity contribution < 1.29 is 13.2 Å². The molecule has 0 N–H and O–H groups in total. The standard InChI is InChI=1S/C13H16O3S/c1-13(2,8-10-14)9-11-17(15,16)12-6-4-3-5-7-12/h3-7,9-11H,8H2,1-2H3/b11-9+. The first-order valence-electron chi connectivity index (χ1n) is 5.30. The Morgan fingerprint density at radius 3 is 2.29 bits per heavy atom. The van der Waals surface area contributed by atoms with E-state index in [2.05, 4.69) is 0 Å². The van der Waals surface area contributed by atoms with Crippen LogP contribution in [0.1, 0.15) is 20.3 Å². The maximum Gasteiger partial charge on any atom is 0.199 e. The van der Waals surface area contributed by atoms with E-state index in [1.54, 1.807) is 36.4 Å². The Hall–Kier alpha value is -1.42. The summed E-state index contributed by atoms with van der Waals surface area (Å²) in [7, 11) is -3.41. The van der Waals surface area contributed by atoms with Gasteiger partial charge in [-0.3, -0.25) is 0 Å². The molecule has 1 rings (SSSR count). The third kappa shape index (κ3) is 4.15. The summed E-state index contributed by atoms with van der Waals surface area (Å²) in [6, 6.07) is 8.21. The monoisotopic (exact) mass is 252 g/mol. The molecule has 0 aliphatic heterocycles. The fourth-order valence-corrected chi connectivity index (χ4v) is 2.49. The van der Waals surface area contributed by atoms with Gasteiger partial charge in [-0.05, 0) is 17.5 Å². The van der Waals surface area contributed by atoms with Gasteiger partial charge in [-0.1, -0.05) is 38.1 Å². The molecule has 4 heteroatoms. The minimum absolute atomic E-state index is 0.262. The third-order valence-corrected chi connectivity index (χ3v) is 3.80. The number of hydrogen-bond donors (Lipinski definition) is 0. The van der Waals surface area contributed by atoms with E-state index in [0.29, 0.717) is 6.42 Å². The van der Waals surface area contributed by atoms with Crippen molar-refractivity contribution in [2.24, 2.45) is 5.41 Å². The topological polar surface area (TPSA) is 51.2 Å². The summed E-state index contributed by atoms with van der Waals surface area (Å²) >= 11 is 0. The minimum Gasteiger partial charge on any atom is -0.303 e. The maximum atomic E-state index is 11.9.